The van der Waals surface area contributed by atoms with Crippen LogP contribution in [0.15, 0.2) is 66.3 Å². The van der Waals surface area contributed by atoms with Crippen LogP contribution in [0, 0.1) is 0 Å². The molecule has 1 unspecified atom stereocenters. The molecule has 0 bridgehead atoms. The van der Waals surface area contributed by atoms with Crippen molar-refractivity contribution >= 4 is 29.0 Å². The summed E-state index contributed by atoms with van der Waals surface area (Å²) in [5, 5.41) is 16.8. The van der Waals surface area contributed by atoms with E-state index in [0.29, 0.717) is 22.9 Å². The maximum atomic E-state index is 12.6. The van der Waals surface area contributed by atoms with Gasteiger partial charge in [0.25, 0.3) is 5.91 Å². The summed E-state index contributed by atoms with van der Waals surface area (Å²) in [6.07, 6.45) is -0.0775. The van der Waals surface area contributed by atoms with Crippen molar-refractivity contribution in [2.45, 2.75) is 13.0 Å². The minimum absolute atomic E-state index is 0.0443. The molecule has 0 saturated heterocycles. The number of hydrogen-bond donors (Lipinski definition) is 3. The van der Waals surface area contributed by atoms with E-state index in [1.54, 1.807) is 48.5 Å². The number of nitrogens with zero attached hydrogens (tertiary/aromatic N) is 1. The maximum absolute atomic E-state index is 12.6. The fourth-order valence-electron chi connectivity index (χ4n) is 2.43. The van der Waals surface area contributed by atoms with Gasteiger partial charge in [-0.3, -0.25) is 10.2 Å². The molecule has 0 aromatic heterocycles. The van der Waals surface area contributed by atoms with Crippen LogP contribution >= 0.6 is 0 Å². The molecule has 0 fully saturated rings. The number of esters is 1. The van der Waals surface area contributed by atoms with Gasteiger partial charge in [0.05, 0.1) is 18.5 Å². The predicted octanol–water partition coefficient (Wildman–Crippen LogP) is 2.59. The van der Waals surface area contributed by atoms with Gasteiger partial charge in [0.15, 0.2) is 5.71 Å². The summed E-state index contributed by atoms with van der Waals surface area (Å²) in [7, 11) is 1.49. The SMILES string of the molecule is C=CC(=O)OCCOc1ccccc1N/N=C(/C(=O)Nc1ccccc1OC)C(C)O. The molecule has 0 radical (unpaired) electrons. The third-order valence-corrected chi connectivity index (χ3v) is 3.92. The Balaban J connectivity index is 2.09. The fraction of sp³-hybridized carbons (Fsp3) is 0.227. The van der Waals surface area contributed by atoms with Crippen LogP contribution in [-0.2, 0) is 14.3 Å². The second kappa shape index (κ2) is 12.0. The Kier molecular flexibility index (Phi) is 9.06. The Bertz CT molecular complexity index is 942. The van der Waals surface area contributed by atoms with Crippen LogP contribution in [0.3, 0.4) is 0 Å². The van der Waals surface area contributed by atoms with Crippen molar-refractivity contribution in [3.63, 3.8) is 0 Å². The van der Waals surface area contributed by atoms with Crippen LogP contribution < -0.4 is 20.2 Å². The first kappa shape index (κ1) is 23.4. The lowest BCUT2D eigenvalue weighted by molar-refractivity contribution is -0.138. The smallest absolute Gasteiger partial charge is 0.330 e. The summed E-state index contributed by atoms with van der Waals surface area (Å²) in [4.78, 5) is 23.7. The zero-order chi connectivity index (χ0) is 22.6. The molecule has 9 heteroatoms. The fourth-order valence-corrected chi connectivity index (χ4v) is 2.43. The number of hydrogen-bond acceptors (Lipinski definition) is 8. The van der Waals surface area contributed by atoms with Gasteiger partial charge >= 0.3 is 5.97 Å². The van der Waals surface area contributed by atoms with Gasteiger partial charge in [0, 0.05) is 6.08 Å². The highest BCUT2D eigenvalue weighted by Gasteiger charge is 2.19. The van der Waals surface area contributed by atoms with E-state index in [1.807, 2.05) is 0 Å². The van der Waals surface area contributed by atoms with Crippen molar-refractivity contribution in [2.24, 2.45) is 5.10 Å². The third kappa shape index (κ3) is 7.16. The number of benzene rings is 2. The molecule has 2 rings (SSSR count). The molecule has 1 atom stereocenters. The molecule has 31 heavy (non-hydrogen) atoms. The van der Waals surface area contributed by atoms with Crippen molar-refractivity contribution in [3.8, 4) is 11.5 Å². The number of aliphatic hydroxyl groups excluding tert-OH is 1. The topological polar surface area (TPSA) is 118 Å². The summed E-state index contributed by atoms with van der Waals surface area (Å²) < 4.78 is 15.7. The average Bonchev–Trinajstić information content (AvgIpc) is 2.77. The molecule has 3 N–H and O–H groups in total. The summed E-state index contributed by atoms with van der Waals surface area (Å²) in [6.45, 7) is 4.90. The van der Waals surface area contributed by atoms with Gasteiger partial charge in [-0.25, -0.2) is 4.79 Å². The van der Waals surface area contributed by atoms with Crippen LogP contribution in [0.4, 0.5) is 11.4 Å². The van der Waals surface area contributed by atoms with E-state index in [1.165, 1.54) is 14.0 Å². The van der Waals surface area contributed by atoms with Crippen molar-refractivity contribution in [1.82, 2.24) is 0 Å². The van der Waals surface area contributed by atoms with Gasteiger partial charge in [-0.05, 0) is 31.2 Å². The maximum Gasteiger partial charge on any atom is 0.330 e. The van der Waals surface area contributed by atoms with Crippen molar-refractivity contribution < 1.29 is 28.9 Å². The van der Waals surface area contributed by atoms with Gasteiger partial charge in [-0.15, -0.1) is 0 Å². The van der Waals surface area contributed by atoms with Crippen molar-refractivity contribution in [1.29, 1.82) is 0 Å². The molecule has 0 saturated carbocycles. The zero-order valence-corrected chi connectivity index (χ0v) is 17.3. The lowest BCUT2D eigenvalue weighted by Crippen LogP contribution is -2.32. The monoisotopic (exact) mass is 427 g/mol. The number of ether oxygens (including phenoxy) is 3. The standard InChI is InChI=1S/C22H25N3O6/c1-4-20(27)31-14-13-30-19-12-8-6-10-17(19)24-25-21(15(2)26)22(28)23-16-9-5-7-11-18(16)29-3/h4-12,15,24,26H,1,13-14H2,2-3H3,(H,23,28)/b25-21+. The number of para-hydroxylation sites is 4. The number of hydrazone groups is 1. The van der Waals surface area contributed by atoms with E-state index in [-0.39, 0.29) is 18.9 Å². The lowest BCUT2D eigenvalue weighted by atomic mass is 10.2. The van der Waals surface area contributed by atoms with Gasteiger partial charge in [-0.2, -0.15) is 5.10 Å². The molecule has 2 aromatic carbocycles. The number of amides is 1. The van der Waals surface area contributed by atoms with Crippen LogP contribution in [0.2, 0.25) is 0 Å². The predicted molar refractivity (Wildman–Crippen MR) is 117 cm³/mol. The minimum atomic E-state index is -1.14. The molecular formula is C22H25N3O6. The van der Waals surface area contributed by atoms with E-state index < -0.39 is 18.0 Å². The molecule has 0 aliphatic carbocycles. The van der Waals surface area contributed by atoms with E-state index in [4.69, 9.17) is 14.2 Å². The number of methoxy groups -OCH3 is 1. The second-order valence-electron chi connectivity index (χ2n) is 6.16. The number of anilines is 2. The third-order valence-electron chi connectivity index (χ3n) is 3.92. The minimum Gasteiger partial charge on any atom is -0.495 e. The molecule has 0 spiro atoms. The Morgan fingerprint density at radius 3 is 2.39 bits per heavy atom. The summed E-state index contributed by atoms with van der Waals surface area (Å²) in [5.41, 5.74) is 3.50. The van der Waals surface area contributed by atoms with Gasteiger partial charge in [0.1, 0.15) is 30.8 Å². The summed E-state index contributed by atoms with van der Waals surface area (Å²) in [5.74, 6) is -0.232. The van der Waals surface area contributed by atoms with Crippen LogP contribution in [0.25, 0.3) is 0 Å². The number of carbonyl (C=O) groups is 2. The second-order valence-corrected chi connectivity index (χ2v) is 6.16. The molecule has 0 aliphatic heterocycles. The number of nitrogens with one attached hydrogen (secondary N) is 2. The van der Waals surface area contributed by atoms with Crippen LogP contribution in [0.1, 0.15) is 6.92 Å². The van der Waals surface area contributed by atoms with Gasteiger partial charge in [-0.1, -0.05) is 30.8 Å². The Labute approximate surface area is 180 Å². The molecule has 1 amide bonds. The molecule has 9 nitrogen and oxygen atoms in total. The highest BCUT2D eigenvalue weighted by molar-refractivity contribution is 6.44. The van der Waals surface area contributed by atoms with E-state index in [9.17, 15) is 14.7 Å². The van der Waals surface area contributed by atoms with E-state index >= 15 is 0 Å². The molecule has 0 aliphatic rings. The number of aliphatic hydroxyl groups is 1. The van der Waals surface area contributed by atoms with Crippen molar-refractivity contribution in [3.05, 3.63) is 61.2 Å². The van der Waals surface area contributed by atoms with Crippen LogP contribution in [-0.4, -0.2) is 49.1 Å². The summed E-state index contributed by atoms with van der Waals surface area (Å²) in [6, 6.07) is 13.8. The zero-order valence-electron chi connectivity index (χ0n) is 17.3. The molecule has 0 heterocycles. The van der Waals surface area contributed by atoms with E-state index in [2.05, 4.69) is 22.4 Å². The normalized spacial score (nSPS) is 11.8. The number of rotatable bonds is 11. The van der Waals surface area contributed by atoms with Gasteiger partial charge < -0.3 is 24.6 Å². The Morgan fingerprint density at radius 1 is 1.10 bits per heavy atom. The average molecular weight is 427 g/mol. The van der Waals surface area contributed by atoms with Gasteiger partial charge in [0.2, 0.25) is 0 Å². The van der Waals surface area contributed by atoms with Crippen molar-refractivity contribution in [2.75, 3.05) is 31.1 Å². The molecular weight excluding hydrogens is 402 g/mol. The van der Waals surface area contributed by atoms with E-state index in [0.717, 1.165) is 6.08 Å². The van der Waals surface area contributed by atoms with Crippen LogP contribution in [0.5, 0.6) is 11.5 Å². The Morgan fingerprint density at radius 2 is 1.74 bits per heavy atom. The Hall–Kier alpha value is -3.85. The lowest BCUT2D eigenvalue weighted by Gasteiger charge is -2.14. The highest BCUT2D eigenvalue weighted by Crippen LogP contribution is 2.25. The first-order valence-corrected chi connectivity index (χ1v) is 9.43. The first-order chi connectivity index (χ1) is 15.0. The molecule has 164 valence electrons. The first-order valence-electron chi connectivity index (χ1n) is 9.43. The highest BCUT2D eigenvalue weighted by atomic mass is 16.6. The number of carbonyl (C=O) groups excluding carboxylic acids is 2. The molecule has 2 aromatic rings. The largest absolute Gasteiger partial charge is 0.495 e. The quantitative estimate of drug-likeness (QED) is 0.166. The summed E-state index contributed by atoms with van der Waals surface area (Å²) >= 11 is 0.